The summed E-state index contributed by atoms with van der Waals surface area (Å²) in [6.45, 7) is 0. The topological polar surface area (TPSA) is 98.2 Å². The number of hydrogen-bond donors (Lipinski definition) is 3. The first-order valence-corrected chi connectivity index (χ1v) is 7.06. The number of sulfonamides is 1. The minimum atomic E-state index is -3.99. The predicted molar refractivity (Wildman–Crippen MR) is 71.8 cm³/mol. The number of rotatable bonds is 3. The summed E-state index contributed by atoms with van der Waals surface area (Å²) in [5.74, 6) is -4.36. The second-order valence-corrected chi connectivity index (χ2v) is 5.78. The lowest BCUT2D eigenvalue weighted by Gasteiger charge is -2.10. The lowest BCUT2D eigenvalue weighted by atomic mass is 10.2. The summed E-state index contributed by atoms with van der Waals surface area (Å²) < 4.78 is 61.6. The molecule has 5 N–H and O–H groups in total. The summed E-state index contributed by atoms with van der Waals surface area (Å²) in [6.07, 6.45) is 0. The molecule has 0 spiro atoms. The van der Waals surface area contributed by atoms with Crippen LogP contribution in [0.5, 0.6) is 0 Å². The molecule has 0 aliphatic heterocycles. The Morgan fingerprint density at radius 2 is 1.43 bits per heavy atom. The summed E-state index contributed by atoms with van der Waals surface area (Å²) in [5, 5.41) is 7.49. The lowest BCUT2D eigenvalue weighted by Crippen LogP contribution is -2.12. The molecule has 0 aliphatic rings. The van der Waals surface area contributed by atoms with Gasteiger partial charge in [0, 0.05) is 29.2 Å². The molecule has 2 aromatic rings. The van der Waals surface area contributed by atoms with Gasteiger partial charge in [0.25, 0.3) is 0 Å². The van der Waals surface area contributed by atoms with E-state index in [1.807, 2.05) is 0 Å². The van der Waals surface area contributed by atoms with Crippen molar-refractivity contribution in [2.45, 2.75) is 4.90 Å². The molecule has 2 aromatic carbocycles. The fourth-order valence-electron chi connectivity index (χ4n) is 1.65. The fourth-order valence-corrected chi connectivity index (χ4v) is 2.24. The molecule has 0 aliphatic carbocycles. The monoisotopic (exact) mass is 317 g/mol. The molecule has 0 saturated carbocycles. The van der Waals surface area contributed by atoms with Gasteiger partial charge in [0.1, 0.15) is 0 Å². The molecular formula is C12H10F3N3O2S. The molecule has 0 radical (unpaired) electrons. The third kappa shape index (κ3) is 3.44. The summed E-state index contributed by atoms with van der Waals surface area (Å²) >= 11 is 0. The van der Waals surface area contributed by atoms with Crippen molar-refractivity contribution >= 4 is 27.1 Å². The van der Waals surface area contributed by atoms with Crippen LogP contribution in [0.2, 0.25) is 0 Å². The van der Waals surface area contributed by atoms with Gasteiger partial charge in [-0.2, -0.15) is 0 Å². The van der Waals surface area contributed by atoms with Crippen LogP contribution in [0.4, 0.5) is 30.2 Å². The van der Waals surface area contributed by atoms with Gasteiger partial charge in [0.15, 0.2) is 17.5 Å². The molecule has 0 aromatic heterocycles. The predicted octanol–water partition coefficient (Wildman–Crippen LogP) is 2.08. The minimum absolute atomic E-state index is 0.0760. The zero-order valence-corrected chi connectivity index (χ0v) is 11.2. The number of anilines is 3. The number of nitrogen functional groups attached to an aromatic ring is 1. The van der Waals surface area contributed by atoms with Gasteiger partial charge in [-0.15, -0.1) is 0 Å². The van der Waals surface area contributed by atoms with E-state index in [1.165, 1.54) is 6.07 Å². The van der Waals surface area contributed by atoms with Crippen molar-refractivity contribution in [1.29, 1.82) is 0 Å². The summed E-state index contributed by atoms with van der Waals surface area (Å²) in [7, 11) is -3.99. The SMILES string of the molecule is Nc1cc(Nc2cc(F)c(F)c(F)c2)cc(S(N)(=O)=O)c1. The Kier molecular flexibility index (Phi) is 3.79. The van der Waals surface area contributed by atoms with Crippen LogP contribution in [0.25, 0.3) is 0 Å². The van der Waals surface area contributed by atoms with Gasteiger partial charge in [-0.3, -0.25) is 0 Å². The molecule has 0 amide bonds. The molecule has 112 valence electrons. The summed E-state index contributed by atoms with van der Waals surface area (Å²) in [5.41, 5.74) is 5.62. The molecule has 0 heterocycles. The highest BCUT2D eigenvalue weighted by atomic mass is 32.2. The number of nitrogens with two attached hydrogens (primary N) is 2. The number of benzene rings is 2. The van der Waals surface area contributed by atoms with Gasteiger partial charge in [0.2, 0.25) is 10.0 Å². The molecule has 9 heteroatoms. The standard InChI is InChI=1S/C12H10F3N3O2S/c13-10-4-8(5-11(14)12(10)15)18-7-1-6(16)2-9(3-7)21(17,19)20/h1-5,18H,16H2,(H2,17,19,20). The third-order valence-corrected chi connectivity index (χ3v) is 3.42. The maximum Gasteiger partial charge on any atom is 0.238 e. The largest absolute Gasteiger partial charge is 0.399 e. The average molecular weight is 317 g/mol. The van der Waals surface area contributed by atoms with E-state index in [1.54, 1.807) is 0 Å². The average Bonchev–Trinajstić information content (AvgIpc) is 2.34. The Morgan fingerprint density at radius 3 is 1.95 bits per heavy atom. The summed E-state index contributed by atoms with van der Waals surface area (Å²) in [4.78, 5) is -0.270. The second kappa shape index (κ2) is 5.26. The van der Waals surface area contributed by atoms with Gasteiger partial charge < -0.3 is 11.1 Å². The maximum absolute atomic E-state index is 13.1. The summed E-state index contributed by atoms with van der Waals surface area (Å²) in [6, 6.07) is 5.03. The van der Waals surface area contributed by atoms with E-state index >= 15 is 0 Å². The Hall–Kier alpha value is -2.26. The van der Waals surface area contributed by atoms with Crippen molar-refractivity contribution in [3.05, 3.63) is 47.8 Å². The van der Waals surface area contributed by atoms with E-state index in [0.717, 1.165) is 24.3 Å². The molecule has 21 heavy (non-hydrogen) atoms. The zero-order chi connectivity index (χ0) is 15.8. The maximum atomic E-state index is 13.1. The Balaban J connectivity index is 2.43. The highest BCUT2D eigenvalue weighted by Crippen LogP contribution is 2.25. The van der Waals surface area contributed by atoms with E-state index in [2.05, 4.69) is 5.32 Å². The van der Waals surface area contributed by atoms with Crippen LogP contribution in [-0.2, 0) is 10.0 Å². The first kappa shape index (κ1) is 15.1. The van der Waals surface area contributed by atoms with Crippen molar-refractivity contribution in [1.82, 2.24) is 0 Å². The van der Waals surface area contributed by atoms with Crippen LogP contribution in [0.3, 0.4) is 0 Å². The van der Waals surface area contributed by atoms with E-state index in [4.69, 9.17) is 10.9 Å². The molecule has 2 rings (SSSR count). The number of primary sulfonamides is 1. The second-order valence-electron chi connectivity index (χ2n) is 4.21. The lowest BCUT2D eigenvalue weighted by molar-refractivity contribution is 0.448. The number of nitrogens with one attached hydrogen (secondary N) is 1. The number of hydrogen-bond acceptors (Lipinski definition) is 4. The molecule has 0 atom stereocenters. The van der Waals surface area contributed by atoms with E-state index in [9.17, 15) is 21.6 Å². The number of halogens is 3. The van der Waals surface area contributed by atoms with Gasteiger partial charge in [-0.05, 0) is 18.2 Å². The van der Waals surface area contributed by atoms with Crippen LogP contribution in [-0.4, -0.2) is 8.42 Å². The highest BCUT2D eigenvalue weighted by Gasteiger charge is 2.13. The van der Waals surface area contributed by atoms with Gasteiger partial charge in [0.05, 0.1) is 4.90 Å². The van der Waals surface area contributed by atoms with Crippen molar-refractivity contribution in [2.24, 2.45) is 5.14 Å². The molecule has 0 saturated heterocycles. The Bertz CT molecular complexity index is 786. The Morgan fingerprint density at radius 1 is 0.905 bits per heavy atom. The van der Waals surface area contributed by atoms with Crippen LogP contribution in [0.1, 0.15) is 0 Å². The highest BCUT2D eigenvalue weighted by molar-refractivity contribution is 7.89. The molecular weight excluding hydrogens is 307 g/mol. The van der Waals surface area contributed by atoms with Crippen LogP contribution in [0, 0.1) is 17.5 Å². The smallest absolute Gasteiger partial charge is 0.238 e. The Labute approximate surface area is 118 Å². The van der Waals surface area contributed by atoms with Gasteiger partial charge >= 0.3 is 0 Å². The third-order valence-electron chi connectivity index (χ3n) is 2.53. The van der Waals surface area contributed by atoms with E-state index in [0.29, 0.717) is 0 Å². The zero-order valence-electron chi connectivity index (χ0n) is 10.4. The van der Waals surface area contributed by atoms with Gasteiger partial charge in [-0.1, -0.05) is 0 Å². The van der Waals surface area contributed by atoms with Crippen LogP contribution in [0.15, 0.2) is 35.2 Å². The van der Waals surface area contributed by atoms with Crippen molar-refractivity contribution in [3.63, 3.8) is 0 Å². The van der Waals surface area contributed by atoms with Crippen LogP contribution < -0.4 is 16.2 Å². The van der Waals surface area contributed by atoms with Gasteiger partial charge in [-0.25, -0.2) is 26.7 Å². The molecule has 5 nitrogen and oxygen atoms in total. The van der Waals surface area contributed by atoms with Crippen molar-refractivity contribution in [3.8, 4) is 0 Å². The normalized spacial score (nSPS) is 11.4. The molecule has 0 bridgehead atoms. The molecule has 0 fully saturated rings. The van der Waals surface area contributed by atoms with E-state index < -0.39 is 27.5 Å². The molecule has 0 unspecified atom stereocenters. The first-order valence-electron chi connectivity index (χ1n) is 5.52. The quantitative estimate of drug-likeness (QED) is 0.596. The first-order chi connectivity index (χ1) is 9.66. The van der Waals surface area contributed by atoms with Crippen molar-refractivity contribution in [2.75, 3.05) is 11.1 Å². The van der Waals surface area contributed by atoms with Crippen molar-refractivity contribution < 1.29 is 21.6 Å². The minimum Gasteiger partial charge on any atom is -0.399 e. The van der Waals surface area contributed by atoms with E-state index in [-0.39, 0.29) is 22.0 Å². The van der Waals surface area contributed by atoms with Crippen LogP contribution >= 0.6 is 0 Å². The fraction of sp³-hybridized carbons (Fsp3) is 0.